The van der Waals surface area contributed by atoms with Gasteiger partial charge in [-0.1, -0.05) is 41.5 Å². The summed E-state index contributed by atoms with van der Waals surface area (Å²) in [5.74, 6) is -1.81. The van der Waals surface area contributed by atoms with Gasteiger partial charge < -0.3 is 0 Å². The second kappa shape index (κ2) is 8.32. The van der Waals surface area contributed by atoms with Crippen molar-refractivity contribution < 1.29 is 14.4 Å². The predicted octanol–water partition coefficient (Wildman–Crippen LogP) is 1.66. The van der Waals surface area contributed by atoms with Crippen LogP contribution in [0, 0.1) is 17.8 Å². The van der Waals surface area contributed by atoms with Crippen molar-refractivity contribution in [3.8, 4) is 0 Å². The first-order valence-electron chi connectivity index (χ1n) is 7.78. The zero-order valence-corrected chi connectivity index (χ0v) is 14.8. The van der Waals surface area contributed by atoms with Gasteiger partial charge in [-0.05, 0) is 0 Å². The lowest BCUT2D eigenvalue weighted by molar-refractivity contribution is -0.119. The topological polar surface area (TPSA) is 126 Å². The van der Waals surface area contributed by atoms with Crippen LogP contribution in [-0.2, 0) is 14.4 Å². The van der Waals surface area contributed by atoms with Gasteiger partial charge in [0.05, 0.1) is 0 Å². The number of aromatic nitrogens is 3. The van der Waals surface area contributed by atoms with Crippen molar-refractivity contribution in [1.29, 1.82) is 0 Å². The zero-order valence-electron chi connectivity index (χ0n) is 14.8. The summed E-state index contributed by atoms with van der Waals surface area (Å²) < 4.78 is 0. The Morgan fingerprint density at radius 2 is 0.792 bits per heavy atom. The molecule has 0 aliphatic rings. The van der Waals surface area contributed by atoms with Crippen LogP contribution in [0.15, 0.2) is 0 Å². The molecule has 1 heterocycles. The van der Waals surface area contributed by atoms with E-state index in [0.717, 1.165) is 0 Å². The van der Waals surface area contributed by atoms with Gasteiger partial charge in [-0.2, -0.15) is 15.0 Å². The van der Waals surface area contributed by atoms with E-state index in [9.17, 15) is 14.4 Å². The van der Waals surface area contributed by atoms with E-state index in [1.54, 1.807) is 41.5 Å². The van der Waals surface area contributed by atoms with Gasteiger partial charge in [0, 0.05) is 17.8 Å². The van der Waals surface area contributed by atoms with Gasteiger partial charge in [0.2, 0.25) is 35.6 Å². The van der Waals surface area contributed by atoms with Gasteiger partial charge >= 0.3 is 0 Å². The largest absolute Gasteiger partial charge is 0.294 e. The molecule has 0 saturated carbocycles. The zero-order chi connectivity index (χ0) is 18.4. The molecule has 132 valence electrons. The molecule has 0 aliphatic heterocycles. The molecule has 0 radical (unpaired) electrons. The Hall–Kier alpha value is -2.58. The molecule has 0 saturated heterocycles. The van der Waals surface area contributed by atoms with Crippen LogP contribution in [0.2, 0.25) is 0 Å². The average molecular weight is 336 g/mol. The van der Waals surface area contributed by atoms with E-state index in [1.165, 1.54) is 0 Å². The minimum atomic E-state index is -0.288. The van der Waals surface area contributed by atoms with Crippen molar-refractivity contribution in [2.45, 2.75) is 41.5 Å². The highest BCUT2D eigenvalue weighted by Gasteiger charge is 2.16. The number of anilines is 3. The number of carbonyl (C=O) groups is 3. The Morgan fingerprint density at radius 3 is 0.958 bits per heavy atom. The lowest BCUT2D eigenvalue weighted by atomic mass is 10.2. The second-order valence-electron chi connectivity index (χ2n) is 6.24. The van der Waals surface area contributed by atoms with Gasteiger partial charge in [-0.15, -0.1) is 0 Å². The van der Waals surface area contributed by atoms with Crippen LogP contribution in [0.1, 0.15) is 41.5 Å². The molecule has 9 heteroatoms. The molecule has 9 nitrogen and oxygen atoms in total. The molecule has 0 aromatic carbocycles. The van der Waals surface area contributed by atoms with Gasteiger partial charge in [-0.25, -0.2) is 0 Å². The fourth-order valence-corrected chi connectivity index (χ4v) is 1.31. The standard InChI is InChI=1S/C15H24N6O3/c1-7(2)10(22)16-13-19-14(17-11(23)8(3)4)21-15(20-13)18-12(24)9(5)6/h7-9H,1-6H3,(H3,16,17,18,19,20,21,22,23,24). The Balaban J connectivity index is 3.11. The molecule has 3 N–H and O–H groups in total. The molecule has 1 aromatic heterocycles. The van der Waals surface area contributed by atoms with Crippen molar-refractivity contribution >= 4 is 35.6 Å². The fraction of sp³-hybridized carbons (Fsp3) is 0.600. The summed E-state index contributed by atoms with van der Waals surface area (Å²) in [5.41, 5.74) is 0. The number of hydrogen-bond acceptors (Lipinski definition) is 6. The number of nitrogens with zero attached hydrogens (tertiary/aromatic N) is 3. The monoisotopic (exact) mass is 336 g/mol. The van der Waals surface area contributed by atoms with E-state index in [2.05, 4.69) is 30.9 Å². The Labute approximate surface area is 141 Å². The van der Waals surface area contributed by atoms with Crippen molar-refractivity contribution in [3.05, 3.63) is 0 Å². The van der Waals surface area contributed by atoms with Crippen LogP contribution in [0.25, 0.3) is 0 Å². The van der Waals surface area contributed by atoms with E-state index < -0.39 is 0 Å². The minimum Gasteiger partial charge on any atom is -0.294 e. The normalized spacial score (nSPS) is 10.9. The lowest BCUT2D eigenvalue weighted by Crippen LogP contribution is -2.25. The van der Waals surface area contributed by atoms with E-state index in [4.69, 9.17) is 0 Å². The van der Waals surface area contributed by atoms with Crippen LogP contribution in [0.3, 0.4) is 0 Å². The molecule has 3 amide bonds. The van der Waals surface area contributed by atoms with Crippen molar-refractivity contribution in [3.63, 3.8) is 0 Å². The Bertz CT molecular complexity index is 530. The van der Waals surface area contributed by atoms with E-state index in [-0.39, 0.29) is 53.3 Å². The number of rotatable bonds is 6. The molecule has 0 spiro atoms. The molecule has 0 atom stereocenters. The van der Waals surface area contributed by atoms with E-state index in [0.29, 0.717) is 0 Å². The van der Waals surface area contributed by atoms with Gasteiger partial charge in [-0.3, -0.25) is 30.3 Å². The highest BCUT2D eigenvalue weighted by atomic mass is 16.2. The summed E-state index contributed by atoms with van der Waals surface area (Å²) in [6.07, 6.45) is 0. The van der Waals surface area contributed by atoms with Crippen LogP contribution >= 0.6 is 0 Å². The first-order chi connectivity index (χ1) is 11.1. The van der Waals surface area contributed by atoms with Crippen molar-refractivity contribution in [2.24, 2.45) is 17.8 Å². The predicted molar refractivity (Wildman–Crippen MR) is 90.2 cm³/mol. The molecule has 1 aromatic rings. The molecular weight excluding hydrogens is 312 g/mol. The molecule has 0 unspecified atom stereocenters. The van der Waals surface area contributed by atoms with Gasteiger partial charge in [0.25, 0.3) is 0 Å². The summed E-state index contributed by atoms with van der Waals surface area (Å²) in [6.45, 7) is 10.3. The molecule has 24 heavy (non-hydrogen) atoms. The van der Waals surface area contributed by atoms with Crippen molar-refractivity contribution in [2.75, 3.05) is 16.0 Å². The fourth-order valence-electron chi connectivity index (χ4n) is 1.31. The van der Waals surface area contributed by atoms with Crippen LogP contribution < -0.4 is 16.0 Å². The van der Waals surface area contributed by atoms with Crippen LogP contribution in [0.4, 0.5) is 17.8 Å². The summed E-state index contributed by atoms with van der Waals surface area (Å²) in [5, 5.41) is 7.57. The van der Waals surface area contributed by atoms with Gasteiger partial charge in [0.1, 0.15) is 0 Å². The summed E-state index contributed by atoms with van der Waals surface area (Å²) >= 11 is 0. The third-order valence-corrected chi connectivity index (χ3v) is 2.91. The highest BCUT2D eigenvalue weighted by molar-refractivity contribution is 5.94. The Kier molecular flexibility index (Phi) is 6.75. The average Bonchev–Trinajstić information content (AvgIpc) is 2.46. The SMILES string of the molecule is CC(C)C(=O)Nc1nc(NC(=O)C(C)C)nc(NC(=O)C(C)C)n1. The first kappa shape index (κ1) is 19.5. The molecule has 0 bridgehead atoms. The minimum absolute atomic E-state index is 0.0400. The molecule has 0 fully saturated rings. The Morgan fingerprint density at radius 1 is 0.583 bits per heavy atom. The lowest BCUT2D eigenvalue weighted by Gasteiger charge is -2.12. The number of amides is 3. The number of carbonyl (C=O) groups excluding carboxylic acids is 3. The first-order valence-corrected chi connectivity index (χ1v) is 7.78. The third-order valence-electron chi connectivity index (χ3n) is 2.91. The third kappa shape index (κ3) is 5.90. The van der Waals surface area contributed by atoms with Gasteiger partial charge in [0.15, 0.2) is 0 Å². The molecular formula is C15H24N6O3. The number of nitrogens with one attached hydrogen (secondary N) is 3. The maximum absolute atomic E-state index is 11.8. The van der Waals surface area contributed by atoms with E-state index >= 15 is 0 Å². The summed E-state index contributed by atoms with van der Waals surface area (Å²) in [6, 6.07) is 0. The molecule has 1 rings (SSSR count). The smallest absolute Gasteiger partial charge is 0.236 e. The summed E-state index contributed by atoms with van der Waals surface area (Å²) in [4.78, 5) is 47.4. The summed E-state index contributed by atoms with van der Waals surface area (Å²) in [7, 11) is 0. The number of hydrogen-bond donors (Lipinski definition) is 3. The quantitative estimate of drug-likeness (QED) is 0.725. The maximum Gasteiger partial charge on any atom is 0.236 e. The second-order valence-corrected chi connectivity index (χ2v) is 6.24. The van der Waals surface area contributed by atoms with E-state index in [1.807, 2.05) is 0 Å². The highest BCUT2D eigenvalue weighted by Crippen LogP contribution is 2.12. The molecule has 0 aliphatic carbocycles. The van der Waals surface area contributed by atoms with Crippen molar-refractivity contribution in [1.82, 2.24) is 15.0 Å². The maximum atomic E-state index is 11.8. The van der Waals surface area contributed by atoms with Crippen LogP contribution in [-0.4, -0.2) is 32.7 Å². The van der Waals surface area contributed by atoms with Crippen LogP contribution in [0.5, 0.6) is 0 Å².